The van der Waals surface area contributed by atoms with Crippen LogP contribution in [0.1, 0.15) is 5.56 Å². The van der Waals surface area contributed by atoms with Crippen LogP contribution in [0.5, 0.6) is 0 Å². The lowest BCUT2D eigenvalue weighted by Gasteiger charge is -2.02. The Kier molecular flexibility index (Phi) is 3.72. The van der Waals surface area contributed by atoms with Crippen LogP contribution < -0.4 is 11.1 Å². The number of hydrogen-bond donors (Lipinski definition) is 2. The molecule has 1 aromatic carbocycles. The van der Waals surface area contributed by atoms with Crippen molar-refractivity contribution < 1.29 is 0 Å². The number of nitriles is 1. The first-order valence-corrected chi connectivity index (χ1v) is 8.30. The first kappa shape index (κ1) is 15.1. The molecule has 0 aliphatic carbocycles. The number of nitrogens with zero attached hydrogens (tertiary/aromatic N) is 4. The second kappa shape index (κ2) is 6.19. The molecule has 0 radical (unpaired) electrons. The van der Waals surface area contributed by atoms with Crippen LogP contribution in [0.15, 0.2) is 54.7 Å². The van der Waals surface area contributed by atoms with E-state index in [1.165, 1.54) is 11.3 Å². The number of benzene rings is 1. The molecule has 0 bridgehead atoms. The predicted molar refractivity (Wildman–Crippen MR) is 99.5 cm³/mol. The van der Waals surface area contributed by atoms with Gasteiger partial charge in [-0.15, -0.1) is 0 Å². The minimum Gasteiger partial charge on any atom is -0.383 e. The van der Waals surface area contributed by atoms with Crippen LogP contribution >= 0.6 is 11.3 Å². The Morgan fingerprint density at radius 2 is 2.00 bits per heavy atom. The summed E-state index contributed by atoms with van der Waals surface area (Å²) in [6.07, 6.45) is 1.73. The standard InChI is InChI=1S/C18H12N6S/c19-10-11-4-3-5-12(8-11)17-23-16(20)13-9-15(25-18(13)24-17)22-14-6-1-2-7-21-14/h1-9H,(H,21,22)(H2,20,23,24). The molecule has 0 atom stereocenters. The lowest BCUT2D eigenvalue weighted by Crippen LogP contribution is -1.96. The van der Waals surface area contributed by atoms with Gasteiger partial charge in [-0.05, 0) is 30.3 Å². The van der Waals surface area contributed by atoms with Gasteiger partial charge in [0.15, 0.2) is 5.82 Å². The van der Waals surface area contributed by atoms with Crippen molar-refractivity contribution in [1.29, 1.82) is 5.26 Å². The molecule has 6 nitrogen and oxygen atoms in total. The minimum atomic E-state index is 0.410. The average Bonchev–Trinajstić information content (AvgIpc) is 3.05. The molecule has 3 heterocycles. The number of nitrogen functional groups attached to an aromatic ring is 1. The van der Waals surface area contributed by atoms with Crippen LogP contribution in [-0.2, 0) is 0 Å². The molecule has 0 spiro atoms. The predicted octanol–water partition coefficient (Wildman–Crippen LogP) is 3.95. The van der Waals surface area contributed by atoms with Gasteiger partial charge in [0.25, 0.3) is 0 Å². The molecular formula is C18H12N6S. The zero-order chi connectivity index (χ0) is 17.2. The van der Waals surface area contributed by atoms with E-state index < -0.39 is 0 Å². The third kappa shape index (κ3) is 2.98. The quantitative estimate of drug-likeness (QED) is 0.583. The van der Waals surface area contributed by atoms with Gasteiger partial charge in [-0.25, -0.2) is 15.0 Å². The Bertz CT molecular complexity index is 1100. The zero-order valence-electron chi connectivity index (χ0n) is 13.0. The number of anilines is 3. The van der Waals surface area contributed by atoms with Gasteiger partial charge in [-0.3, -0.25) is 0 Å². The Morgan fingerprint density at radius 3 is 2.80 bits per heavy atom. The largest absolute Gasteiger partial charge is 0.383 e. The molecule has 7 heteroatoms. The molecule has 4 rings (SSSR count). The Balaban J connectivity index is 1.75. The molecule has 0 unspecified atom stereocenters. The molecule has 0 saturated carbocycles. The summed E-state index contributed by atoms with van der Waals surface area (Å²) in [7, 11) is 0. The Labute approximate surface area is 147 Å². The smallest absolute Gasteiger partial charge is 0.163 e. The van der Waals surface area contributed by atoms with Gasteiger partial charge in [0.05, 0.1) is 22.0 Å². The van der Waals surface area contributed by atoms with E-state index in [0.717, 1.165) is 26.6 Å². The van der Waals surface area contributed by atoms with Crippen molar-refractivity contribution in [3.05, 3.63) is 60.3 Å². The Hall–Kier alpha value is -3.50. The van der Waals surface area contributed by atoms with E-state index in [1.54, 1.807) is 24.4 Å². The van der Waals surface area contributed by atoms with E-state index in [4.69, 9.17) is 11.0 Å². The molecule has 3 aromatic heterocycles. The first-order chi connectivity index (χ1) is 12.2. The fourth-order valence-electron chi connectivity index (χ4n) is 2.42. The summed E-state index contributed by atoms with van der Waals surface area (Å²) >= 11 is 1.48. The molecule has 0 fully saturated rings. The monoisotopic (exact) mass is 344 g/mol. The highest BCUT2D eigenvalue weighted by molar-refractivity contribution is 7.22. The number of nitrogens with one attached hydrogen (secondary N) is 1. The maximum atomic E-state index is 9.05. The highest BCUT2D eigenvalue weighted by Gasteiger charge is 2.12. The second-order valence-electron chi connectivity index (χ2n) is 5.29. The van der Waals surface area contributed by atoms with Gasteiger partial charge in [0.1, 0.15) is 16.5 Å². The van der Waals surface area contributed by atoms with E-state index in [-0.39, 0.29) is 0 Å². The SMILES string of the molecule is N#Cc1cccc(-c2nc(N)c3cc(Nc4ccccn4)sc3n2)c1. The number of thiophene rings is 1. The van der Waals surface area contributed by atoms with Crippen molar-refractivity contribution in [1.82, 2.24) is 15.0 Å². The fraction of sp³-hybridized carbons (Fsp3) is 0. The highest BCUT2D eigenvalue weighted by Crippen LogP contribution is 2.34. The van der Waals surface area contributed by atoms with Crippen molar-refractivity contribution in [3.8, 4) is 17.5 Å². The first-order valence-electron chi connectivity index (χ1n) is 7.48. The van der Waals surface area contributed by atoms with E-state index >= 15 is 0 Å². The molecule has 4 aromatic rings. The molecule has 0 saturated heterocycles. The van der Waals surface area contributed by atoms with Gasteiger partial charge in [-0.2, -0.15) is 5.26 Å². The van der Waals surface area contributed by atoms with Crippen molar-refractivity contribution in [2.24, 2.45) is 0 Å². The number of nitrogens with two attached hydrogens (primary N) is 1. The summed E-state index contributed by atoms with van der Waals surface area (Å²) in [6, 6.07) is 16.9. The summed E-state index contributed by atoms with van der Waals surface area (Å²) in [5, 5.41) is 14.0. The van der Waals surface area contributed by atoms with Crippen LogP contribution in [0.3, 0.4) is 0 Å². The summed E-state index contributed by atoms with van der Waals surface area (Å²) in [6.45, 7) is 0. The third-order valence-corrected chi connectivity index (χ3v) is 4.53. The summed E-state index contributed by atoms with van der Waals surface area (Å²) in [4.78, 5) is 14.0. The zero-order valence-corrected chi connectivity index (χ0v) is 13.8. The van der Waals surface area contributed by atoms with Gasteiger partial charge in [0.2, 0.25) is 0 Å². The maximum absolute atomic E-state index is 9.05. The van der Waals surface area contributed by atoms with Gasteiger partial charge in [-0.1, -0.05) is 29.5 Å². The lowest BCUT2D eigenvalue weighted by atomic mass is 10.1. The molecular weight excluding hydrogens is 332 g/mol. The van der Waals surface area contributed by atoms with E-state index in [9.17, 15) is 0 Å². The number of fused-ring (bicyclic) bond motifs is 1. The minimum absolute atomic E-state index is 0.410. The third-order valence-electron chi connectivity index (χ3n) is 3.59. The lowest BCUT2D eigenvalue weighted by molar-refractivity contribution is 1.24. The number of rotatable bonds is 3. The maximum Gasteiger partial charge on any atom is 0.163 e. The van der Waals surface area contributed by atoms with Crippen LogP contribution in [0, 0.1) is 11.3 Å². The van der Waals surface area contributed by atoms with Gasteiger partial charge >= 0.3 is 0 Å². The van der Waals surface area contributed by atoms with Crippen molar-refractivity contribution in [2.75, 3.05) is 11.1 Å². The van der Waals surface area contributed by atoms with E-state index in [2.05, 4.69) is 26.3 Å². The van der Waals surface area contributed by atoms with Crippen LogP contribution in [0.4, 0.5) is 16.6 Å². The summed E-state index contributed by atoms with van der Waals surface area (Å²) in [5.41, 5.74) is 7.44. The van der Waals surface area contributed by atoms with E-state index in [0.29, 0.717) is 17.2 Å². The Morgan fingerprint density at radius 1 is 1.08 bits per heavy atom. The van der Waals surface area contributed by atoms with E-state index in [1.807, 2.05) is 30.3 Å². The number of pyridine rings is 1. The topological polar surface area (TPSA) is 101 Å². The molecule has 0 aliphatic rings. The van der Waals surface area contributed by atoms with Crippen LogP contribution in [0.2, 0.25) is 0 Å². The van der Waals surface area contributed by atoms with Crippen LogP contribution in [0.25, 0.3) is 21.6 Å². The van der Waals surface area contributed by atoms with Crippen molar-refractivity contribution >= 4 is 38.2 Å². The van der Waals surface area contributed by atoms with Gasteiger partial charge in [0, 0.05) is 11.8 Å². The van der Waals surface area contributed by atoms with Crippen molar-refractivity contribution in [3.63, 3.8) is 0 Å². The molecule has 120 valence electrons. The molecule has 0 amide bonds. The second-order valence-corrected chi connectivity index (χ2v) is 6.33. The van der Waals surface area contributed by atoms with Crippen LogP contribution in [-0.4, -0.2) is 15.0 Å². The fourth-order valence-corrected chi connectivity index (χ4v) is 3.37. The van der Waals surface area contributed by atoms with Gasteiger partial charge < -0.3 is 11.1 Å². The number of hydrogen-bond acceptors (Lipinski definition) is 7. The summed E-state index contributed by atoms with van der Waals surface area (Å²) in [5.74, 6) is 1.67. The normalized spacial score (nSPS) is 10.5. The number of aromatic nitrogens is 3. The molecule has 25 heavy (non-hydrogen) atoms. The summed E-state index contributed by atoms with van der Waals surface area (Å²) < 4.78 is 0. The highest BCUT2D eigenvalue weighted by atomic mass is 32.1. The molecule has 3 N–H and O–H groups in total. The van der Waals surface area contributed by atoms with Crippen molar-refractivity contribution in [2.45, 2.75) is 0 Å². The molecule has 0 aliphatic heterocycles. The average molecular weight is 344 g/mol.